The molecule has 30 heavy (non-hydrogen) atoms. The molecule has 0 aliphatic heterocycles. The molecular formula is C23H29NO5S. The molecule has 1 aliphatic carbocycles. The van der Waals surface area contributed by atoms with Crippen molar-refractivity contribution >= 4 is 21.8 Å². The van der Waals surface area contributed by atoms with Crippen LogP contribution in [0, 0.1) is 5.92 Å². The SMILES string of the molecule is CC(C(=O)O)c1ccc(NCCCC2CCc3cc(OS(C)(=O)=O)ccc3C2)cc1. The van der Waals surface area contributed by atoms with Gasteiger partial charge >= 0.3 is 16.1 Å². The van der Waals surface area contributed by atoms with Crippen LogP contribution < -0.4 is 9.50 Å². The van der Waals surface area contributed by atoms with Crippen molar-refractivity contribution in [2.45, 2.75) is 44.9 Å². The van der Waals surface area contributed by atoms with Gasteiger partial charge in [-0.25, -0.2) is 0 Å². The molecule has 1 aliphatic rings. The smallest absolute Gasteiger partial charge is 0.310 e. The Balaban J connectivity index is 1.44. The minimum absolute atomic E-state index is 0.391. The van der Waals surface area contributed by atoms with Gasteiger partial charge in [-0.05, 0) is 85.9 Å². The number of fused-ring (bicyclic) bond motifs is 1. The van der Waals surface area contributed by atoms with Crippen LogP contribution in [0.15, 0.2) is 42.5 Å². The molecule has 0 spiro atoms. The second kappa shape index (κ2) is 9.51. The van der Waals surface area contributed by atoms with Crippen molar-refractivity contribution in [1.82, 2.24) is 0 Å². The lowest BCUT2D eigenvalue weighted by Crippen LogP contribution is -2.16. The maximum absolute atomic E-state index is 11.3. The van der Waals surface area contributed by atoms with Crippen molar-refractivity contribution in [1.29, 1.82) is 0 Å². The Morgan fingerprint density at radius 1 is 1.20 bits per heavy atom. The van der Waals surface area contributed by atoms with Gasteiger partial charge in [0.05, 0.1) is 12.2 Å². The molecule has 2 aromatic carbocycles. The van der Waals surface area contributed by atoms with E-state index < -0.39 is 22.0 Å². The Hall–Kier alpha value is -2.54. The molecular weight excluding hydrogens is 402 g/mol. The van der Waals surface area contributed by atoms with Crippen LogP contribution in [-0.2, 0) is 27.8 Å². The summed E-state index contributed by atoms with van der Waals surface area (Å²) in [6, 6.07) is 13.2. The van der Waals surface area contributed by atoms with Crippen LogP contribution in [0.4, 0.5) is 5.69 Å². The Morgan fingerprint density at radius 2 is 1.93 bits per heavy atom. The fourth-order valence-corrected chi connectivity index (χ4v) is 4.39. The predicted molar refractivity (Wildman–Crippen MR) is 118 cm³/mol. The number of hydrogen-bond donors (Lipinski definition) is 2. The summed E-state index contributed by atoms with van der Waals surface area (Å²) < 4.78 is 27.6. The highest BCUT2D eigenvalue weighted by Gasteiger charge is 2.19. The quantitative estimate of drug-likeness (QED) is 0.456. The normalized spacial score (nSPS) is 17.1. The van der Waals surface area contributed by atoms with Gasteiger partial charge < -0.3 is 14.6 Å². The largest absolute Gasteiger partial charge is 0.481 e. The van der Waals surface area contributed by atoms with Crippen molar-refractivity contribution in [3.8, 4) is 5.75 Å². The van der Waals surface area contributed by atoms with Crippen LogP contribution in [0.1, 0.15) is 48.8 Å². The summed E-state index contributed by atoms with van der Waals surface area (Å²) >= 11 is 0. The number of hydrogen-bond acceptors (Lipinski definition) is 5. The summed E-state index contributed by atoms with van der Waals surface area (Å²) in [7, 11) is -3.50. The number of carboxylic acid groups (broad SMARTS) is 1. The van der Waals surface area contributed by atoms with Crippen LogP contribution in [0.3, 0.4) is 0 Å². The van der Waals surface area contributed by atoms with Crippen LogP contribution in [0.5, 0.6) is 5.75 Å². The van der Waals surface area contributed by atoms with E-state index in [-0.39, 0.29) is 0 Å². The number of carbonyl (C=O) groups is 1. The first-order valence-corrected chi connectivity index (χ1v) is 12.1. The molecule has 2 atom stereocenters. The minimum atomic E-state index is -3.50. The molecule has 6 nitrogen and oxygen atoms in total. The van der Waals surface area contributed by atoms with Crippen molar-refractivity contribution in [2.75, 3.05) is 18.1 Å². The molecule has 0 heterocycles. The van der Waals surface area contributed by atoms with Gasteiger partial charge in [-0.3, -0.25) is 4.79 Å². The molecule has 3 rings (SSSR count). The van der Waals surface area contributed by atoms with Crippen LogP contribution in [0.2, 0.25) is 0 Å². The first-order valence-electron chi connectivity index (χ1n) is 10.3. The predicted octanol–water partition coefficient (Wildman–Crippen LogP) is 4.21. The fourth-order valence-electron chi connectivity index (χ4n) is 3.94. The van der Waals surface area contributed by atoms with E-state index in [1.54, 1.807) is 13.0 Å². The Morgan fingerprint density at radius 3 is 2.60 bits per heavy atom. The number of nitrogens with one attached hydrogen (secondary N) is 1. The molecule has 0 amide bonds. The molecule has 0 aromatic heterocycles. The average Bonchev–Trinajstić information content (AvgIpc) is 2.70. The van der Waals surface area contributed by atoms with Gasteiger partial charge in [0.2, 0.25) is 0 Å². The van der Waals surface area contributed by atoms with E-state index in [0.29, 0.717) is 11.7 Å². The Bertz CT molecular complexity index is 985. The number of benzene rings is 2. The van der Waals surface area contributed by atoms with Gasteiger partial charge in [-0.2, -0.15) is 8.42 Å². The van der Waals surface area contributed by atoms with Crippen molar-refractivity contribution < 1.29 is 22.5 Å². The van der Waals surface area contributed by atoms with Gasteiger partial charge in [0.25, 0.3) is 0 Å². The van der Waals surface area contributed by atoms with E-state index in [9.17, 15) is 13.2 Å². The van der Waals surface area contributed by atoms with E-state index in [0.717, 1.165) is 56.2 Å². The van der Waals surface area contributed by atoms with Crippen molar-refractivity contribution in [3.05, 3.63) is 59.2 Å². The third kappa shape index (κ3) is 6.23. The highest BCUT2D eigenvalue weighted by Crippen LogP contribution is 2.31. The summed E-state index contributed by atoms with van der Waals surface area (Å²) in [4.78, 5) is 11.0. The van der Waals surface area contributed by atoms with E-state index in [2.05, 4.69) is 5.32 Å². The third-order valence-electron chi connectivity index (χ3n) is 5.66. The van der Waals surface area contributed by atoms with Gasteiger partial charge in [-0.1, -0.05) is 18.2 Å². The molecule has 2 aromatic rings. The lowest BCUT2D eigenvalue weighted by molar-refractivity contribution is -0.138. The Kier molecular flexibility index (Phi) is 7.02. The maximum Gasteiger partial charge on any atom is 0.310 e. The summed E-state index contributed by atoms with van der Waals surface area (Å²) in [5.74, 6) is -0.298. The molecule has 0 saturated heterocycles. The standard InChI is InChI=1S/C23H29NO5S/c1-16(23(25)26)18-7-10-21(11-8-18)24-13-3-4-17-5-6-20-15-22(29-30(2,27)28)12-9-19(20)14-17/h7-12,15-17,24H,3-6,13-14H2,1-2H3,(H,25,26). The van der Waals surface area contributed by atoms with Gasteiger partial charge in [0.15, 0.2) is 0 Å². The van der Waals surface area contributed by atoms with Crippen LogP contribution in [0.25, 0.3) is 0 Å². The highest BCUT2D eigenvalue weighted by molar-refractivity contribution is 7.86. The van der Waals surface area contributed by atoms with Crippen molar-refractivity contribution in [3.63, 3.8) is 0 Å². The zero-order valence-corrected chi connectivity index (χ0v) is 18.2. The molecule has 162 valence electrons. The van der Waals surface area contributed by atoms with Gasteiger partial charge in [0, 0.05) is 12.2 Å². The monoisotopic (exact) mass is 431 g/mol. The first kappa shape index (κ1) is 22.2. The molecule has 0 bridgehead atoms. The van der Waals surface area contributed by atoms with Crippen molar-refractivity contribution in [2.24, 2.45) is 5.92 Å². The van der Waals surface area contributed by atoms with Gasteiger partial charge in [-0.15, -0.1) is 0 Å². The maximum atomic E-state index is 11.3. The molecule has 7 heteroatoms. The number of carboxylic acids is 1. The topological polar surface area (TPSA) is 92.7 Å². The molecule has 0 radical (unpaired) electrons. The first-order chi connectivity index (χ1) is 14.2. The van der Waals surface area contributed by atoms with E-state index >= 15 is 0 Å². The van der Waals surface area contributed by atoms with E-state index in [1.807, 2.05) is 36.4 Å². The third-order valence-corrected chi connectivity index (χ3v) is 6.15. The van der Waals surface area contributed by atoms with E-state index in [4.69, 9.17) is 9.29 Å². The molecule has 2 unspecified atom stereocenters. The summed E-state index contributed by atoms with van der Waals surface area (Å²) in [6.45, 7) is 2.56. The number of aliphatic carboxylic acids is 1. The van der Waals surface area contributed by atoms with E-state index in [1.165, 1.54) is 11.1 Å². The lowest BCUT2D eigenvalue weighted by atomic mass is 9.81. The second-order valence-corrected chi connectivity index (χ2v) is 9.65. The fraction of sp³-hybridized carbons (Fsp3) is 0.435. The zero-order valence-electron chi connectivity index (χ0n) is 17.4. The van der Waals surface area contributed by atoms with Crippen LogP contribution in [-0.4, -0.2) is 32.3 Å². The lowest BCUT2D eigenvalue weighted by Gasteiger charge is -2.25. The minimum Gasteiger partial charge on any atom is -0.481 e. The van der Waals surface area contributed by atoms with Crippen LogP contribution >= 0.6 is 0 Å². The summed E-state index contributed by atoms with van der Waals surface area (Å²) in [5, 5.41) is 12.5. The zero-order chi connectivity index (χ0) is 21.7. The number of aryl methyl sites for hydroxylation is 1. The molecule has 0 fully saturated rings. The highest BCUT2D eigenvalue weighted by atomic mass is 32.2. The van der Waals surface area contributed by atoms with Gasteiger partial charge in [0.1, 0.15) is 5.75 Å². The average molecular weight is 432 g/mol. The summed E-state index contributed by atoms with van der Waals surface area (Å²) in [6.07, 6.45) is 6.29. The molecule has 0 saturated carbocycles. The summed E-state index contributed by atoms with van der Waals surface area (Å²) in [5.41, 5.74) is 4.27. The number of anilines is 1. The second-order valence-electron chi connectivity index (χ2n) is 8.08. The number of rotatable bonds is 9. The molecule has 2 N–H and O–H groups in total. The Labute approximate surface area is 178 Å².